The molecule has 36 heavy (non-hydrogen) atoms. The van der Waals surface area contributed by atoms with E-state index in [1.807, 2.05) is 11.8 Å². The van der Waals surface area contributed by atoms with Crippen LogP contribution in [0.1, 0.15) is 0 Å². The van der Waals surface area contributed by atoms with E-state index < -0.39 is 0 Å². The van der Waals surface area contributed by atoms with Crippen molar-refractivity contribution in [2.75, 3.05) is 0 Å². The molecule has 0 atom stereocenters. The summed E-state index contributed by atoms with van der Waals surface area (Å²) in [7, 11) is 0. The van der Waals surface area contributed by atoms with E-state index in [0.29, 0.717) is 0 Å². The Morgan fingerprint density at radius 3 is 1.97 bits per heavy atom. The summed E-state index contributed by atoms with van der Waals surface area (Å²) in [5.41, 5.74) is 8.89. The lowest BCUT2D eigenvalue weighted by atomic mass is 9.91. The Morgan fingerprint density at radius 1 is 0.389 bits per heavy atom. The Morgan fingerprint density at radius 2 is 1.06 bits per heavy atom. The Balaban J connectivity index is 1.48. The molecule has 8 rings (SSSR count). The van der Waals surface area contributed by atoms with Gasteiger partial charge >= 0.3 is 0 Å². The van der Waals surface area contributed by atoms with E-state index in [9.17, 15) is 0 Å². The van der Waals surface area contributed by atoms with Gasteiger partial charge in [-0.25, -0.2) is 0 Å². The summed E-state index contributed by atoms with van der Waals surface area (Å²) < 4.78 is 2.39. The third kappa shape index (κ3) is 2.73. The van der Waals surface area contributed by atoms with Gasteiger partial charge in [-0.05, 0) is 64.0 Å². The fourth-order valence-corrected chi connectivity index (χ4v) is 7.04. The molecule has 0 spiro atoms. The van der Waals surface area contributed by atoms with Gasteiger partial charge < -0.3 is 4.57 Å². The van der Waals surface area contributed by atoms with Gasteiger partial charge in [0, 0.05) is 31.6 Å². The molecule has 0 amide bonds. The van der Waals surface area contributed by atoms with Crippen LogP contribution in [0.3, 0.4) is 0 Å². The van der Waals surface area contributed by atoms with Crippen molar-refractivity contribution in [1.82, 2.24) is 4.57 Å². The van der Waals surface area contributed by atoms with Gasteiger partial charge in [-0.1, -0.05) is 103 Å². The number of fused-ring (bicyclic) bond motifs is 5. The van der Waals surface area contributed by atoms with Crippen LogP contribution in [0.15, 0.2) is 137 Å². The minimum Gasteiger partial charge on any atom is -0.309 e. The van der Waals surface area contributed by atoms with Gasteiger partial charge in [0.2, 0.25) is 0 Å². The summed E-state index contributed by atoms with van der Waals surface area (Å²) in [6.45, 7) is 0. The van der Waals surface area contributed by atoms with Gasteiger partial charge in [-0.3, -0.25) is 0 Å². The van der Waals surface area contributed by atoms with Crippen molar-refractivity contribution in [2.24, 2.45) is 0 Å². The fraction of sp³-hybridized carbons (Fsp3) is 0. The van der Waals surface area contributed by atoms with Crippen molar-refractivity contribution in [2.45, 2.75) is 9.79 Å². The SMILES string of the molecule is c1ccc(-n2c3ccccc3c3c(-c4ccc5c6c(cccc46)-c4ccccc4S5)cccc32)cc1. The Kier molecular flexibility index (Phi) is 4.22. The molecule has 0 N–H and O–H groups in total. The molecule has 7 aromatic rings. The largest absolute Gasteiger partial charge is 0.309 e. The van der Waals surface area contributed by atoms with E-state index >= 15 is 0 Å². The maximum Gasteiger partial charge on any atom is 0.0547 e. The summed E-state index contributed by atoms with van der Waals surface area (Å²) in [6, 6.07) is 46.4. The number of rotatable bonds is 2. The van der Waals surface area contributed by atoms with Gasteiger partial charge in [-0.2, -0.15) is 0 Å². The van der Waals surface area contributed by atoms with Crippen molar-refractivity contribution >= 4 is 44.3 Å². The van der Waals surface area contributed by atoms with Crippen LogP contribution >= 0.6 is 11.8 Å². The molecule has 1 aliphatic rings. The van der Waals surface area contributed by atoms with E-state index in [-0.39, 0.29) is 0 Å². The monoisotopic (exact) mass is 475 g/mol. The van der Waals surface area contributed by atoms with Crippen molar-refractivity contribution < 1.29 is 0 Å². The first-order chi connectivity index (χ1) is 17.9. The molecule has 0 radical (unpaired) electrons. The molecule has 0 aliphatic carbocycles. The van der Waals surface area contributed by atoms with E-state index in [1.165, 1.54) is 70.3 Å². The zero-order chi connectivity index (χ0) is 23.6. The molecule has 168 valence electrons. The fourth-order valence-electron chi connectivity index (χ4n) is 5.91. The van der Waals surface area contributed by atoms with E-state index in [0.717, 1.165) is 0 Å². The molecule has 0 bridgehead atoms. The van der Waals surface area contributed by atoms with Crippen molar-refractivity contribution in [3.05, 3.63) is 127 Å². The highest BCUT2D eigenvalue weighted by Gasteiger charge is 2.22. The maximum absolute atomic E-state index is 2.39. The van der Waals surface area contributed by atoms with Gasteiger partial charge in [-0.15, -0.1) is 0 Å². The smallest absolute Gasteiger partial charge is 0.0547 e. The van der Waals surface area contributed by atoms with Crippen LogP contribution in [0.5, 0.6) is 0 Å². The molecule has 0 saturated heterocycles. The van der Waals surface area contributed by atoms with Crippen LogP contribution in [-0.2, 0) is 0 Å². The van der Waals surface area contributed by atoms with E-state index in [2.05, 4.69) is 132 Å². The summed E-state index contributed by atoms with van der Waals surface area (Å²) in [6.07, 6.45) is 0. The zero-order valence-electron chi connectivity index (χ0n) is 19.5. The number of nitrogens with zero attached hydrogens (tertiary/aromatic N) is 1. The number of aromatic nitrogens is 1. The third-order valence-electron chi connectivity index (χ3n) is 7.40. The van der Waals surface area contributed by atoms with Crippen molar-refractivity contribution in [3.8, 4) is 27.9 Å². The van der Waals surface area contributed by atoms with E-state index in [1.54, 1.807) is 0 Å². The van der Waals surface area contributed by atoms with Crippen LogP contribution in [-0.4, -0.2) is 4.57 Å². The summed E-state index contributed by atoms with van der Waals surface area (Å²) in [4.78, 5) is 2.67. The quantitative estimate of drug-likeness (QED) is 0.241. The van der Waals surface area contributed by atoms with E-state index in [4.69, 9.17) is 0 Å². The molecular formula is C34H21NS. The number of benzene rings is 6. The van der Waals surface area contributed by atoms with Crippen LogP contribution in [0, 0.1) is 0 Å². The lowest BCUT2D eigenvalue weighted by Gasteiger charge is -2.22. The van der Waals surface area contributed by atoms with Crippen LogP contribution in [0.25, 0.3) is 60.5 Å². The molecular weight excluding hydrogens is 454 g/mol. The highest BCUT2D eigenvalue weighted by atomic mass is 32.2. The molecule has 2 heteroatoms. The minimum absolute atomic E-state index is 1.19. The predicted molar refractivity (Wildman–Crippen MR) is 153 cm³/mol. The topological polar surface area (TPSA) is 4.93 Å². The summed E-state index contributed by atoms with van der Waals surface area (Å²) in [5.74, 6) is 0. The van der Waals surface area contributed by atoms with Gasteiger partial charge in [0.25, 0.3) is 0 Å². The highest BCUT2D eigenvalue weighted by Crippen LogP contribution is 2.50. The molecule has 1 aliphatic heterocycles. The van der Waals surface area contributed by atoms with Crippen molar-refractivity contribution in [1.29, 1.82) is 0 Å². The Hall–Kier alpha value is -4.27. The van der Waals surface area contributed by atoms with Crippen LogP contribution in [0.2, 0.25) is 0 Å². The standard InChI is InChI=1S/C34H21NS/c1-2-10-22(11-3-1)35-29-17-6-4-13-28(29)33-25(16-9-18-30(33)35)23-20-21-32-34-26(23)14-8-15-27(34)24-12-5-7-19-31(24)36-32/h1-21H. The van der Waals surface area contributed by atoms with Gasteiger partial charge in [0.15, 0.2) is 0 Å². The average molecular weight is 476 g/mol. The van der Waals surface area contributed by atoms with Gasteiger partial charge in [0.1, 0.15) is 0 Å². The first kappa shape index (κ1) is 20.0. The Bertz CT molecular complexity index is 1960. The highest BCUT2D eigenvalue weighted by molar-refractivity contribution is 7.99. The molecule has 1 aromatic heterocycles. The number of hydrogen-bond donors (Lipinski definition) is 0. The first-order valence-electron chi connectivity index (χ1n) is 12.3. The summed E-state index contributed by atoms with van der Waals surface area (Å²) >= 11 is 1.88. The van der Waals surface area contributed by atoms with Crippen molar-refractivity contribution in [3.63, 3.8) is 0 Å². The third-order valence-corrected chi connectivity index (χ3v) is 8.54. The molecule has 2 heterocycles. The van der Waals surface area contributed by atoms with Crippen LogP contribution in [0.4, 0.5) is 0 Å². The normalized spacial score (nSPS) is 12.3. The second-order valence-corrected chi connectivity index (χ2v) is 10.4. The minimum atomic E-state index is 1.19. The Labute approximate surface area is 213 Å². The maximum atomic E-state index is 2.39. The second-order valence-electron chi connectivity index (χ2n) is 9.33. The second kappa shape index (κ2) is 7.61. The lowest BCUT2D eigenvalue weighted by molar-refractivity contribution is 1.18. The number of hydrogen-bond acceptors (Lipinski definition) is 1. The molecule has 0 saturated carbocycles. The zero-order valence-corrected chi connectivity index (χ0v) is 20.3. The molecule has 0 unspecified atom stereocenters. The predicted octanol–water partition coefficient (Wildman–Crippen LogP) is 9.74. The number of para-hydroxylation sites is 2. The lowest BCUT2D eigenvalue weighted by Crippen LogP contribution is -1.94. The van der Waals surface area contributed by atoms with Gasteiger partial charge in [0.05, 0.1) is 11.0 Å². The first-order valence-corrected chi connectivity index (χ1v) is 13.1. The molecule has 6 aromatic carbocycles. The molecule has 0 fully saturated rings. The average Bonchev–Trinajstić information content (AvgIpc) is 3.29. The summed E-state index contributed by atoms with van der Waals surface area (Å²) in [5, 5.41) is 5.27. The molecule has 1 nitrogen and oxygen atoms in total. The van der Waals surface area contributed by atoms with Crippen LogP contribution < -0.4 is 0 Å².